The van der Waals surface area contributed by atoms with E-state index in [-0.39, 0.29) is 21.4 Å². The second-order valence-corrected chi connectivity index (χ2v) is 7.60. The Balaban J connectivity index is 2.09. The fourth-order valence-electron chi connectivity index (χ4n) is 2.87. The predicted molar refractivity (Wildman–Crippen MR) is 109 cm³/mol. The predicted octanol–water partition coefficient (Wildman–Crippen LogP) is 7.65. The summed E-state index contributed by atoms with van der Waals surface area (Å²) >= 11 is 11.7. The summed E-state index contributed by atoms with van der Waals surface area (Å²) in [7, 11) is 0. The van der Waals surface area contributed by atoms with Gasteiger partial charge >= 0.3 is 6.18 Å². The zero-order valence-corrected chi connectivity index (χ0v) is 16.9. The first-order valence-electron chi connectivity index (χ1n) is 8.94. The monoisotopic (exact) mass is 428 g/mol. The van der Waals surface area contributed by atoms with Crippen molar-refractivity contribution >= 4 is 35.1 Å². The summed E-state index contributed by atoms with van der Waals surface area (Å²) in [4.78, 5) is 10.9. The van der Waals surface area contributed by atoms with Gasteiger partial charge in [-0.1, -0.05) is 59.6 Å². The number of unbranched alkanes of at least 4 members (excludes halogenated alkanes) is 1. The van der Waals surface area contributed by atoms with Crippen LogP contribution in [0.15, 0.2) is 48.5 Å². The first kappa shape index (κ1) is 22.5. The number of carbonyl (C=O) groups is 1. The molecule has 6 heteroatoms. The molecule has 2 aromatic carbocycles. The highest BCUT2D eigenvalue weighted by molar-refractivity contribution is 6.34. The number of benzene rings is 2. The Hall–Kier alpha value is -1.78. The van der Waals surface area contributed by atoms with E-state index < -0.39 is 12.1 Å². The Morgan fingerprint density at radius 1 is 1.04 bits per heavy atom. The lowest BCUT2D eigenvalue weighted by Gasteiger charge is -2.18. The lowest BCUT2D eigenvalue weighted by atomic mass is 9.96. The molecule has 0 aromatic heterocycles. The van der Waals surface area contributed by atoms with Crippen LogP contribution >= 0.6 is 23.2 Å². The van der Waals surface area contributed by atoms with Crippen LogP contribution in [0, 0.1) is 0 Å². The second-order valence-electron chi connectivity index (χ2n) is 6.73. The van der Waals surface area contributed by atoms with Crippen molar-refractivity contribution in [3.05, 3.63) is 75.3 Å². The van der Waals surface area contributed by atoms with Crippen LogP contribution in [0.5, 0.6) is 0 Å². The van der Waals surface area contributed by atoms with Gasteiger partial charge in [-0.3, -0.25) is 0 Å². The lowest BCUT2D eigenvalue weighted by Crippen LogP contribution is -2.18. The van der Waals surface area contributed by atoms with Gasteiger partial charge in [-0.25, -0.2) is 0 Å². The summed E-state index contributed by atoms with van der Waals surface area (Å²) in [6.45, 7) is 1.58. The van der Waals surface area contributed by atoms with Gasteiger partial charge in [-0.2, -0.15) is 13.2 Å². The number of halogens is 5. The molecule has 1 unspecified atom stereocenters. The topological polar surface area (TPSA) is 17.1 Å². The summed E-state index contributed by atoms with van der Waals surface area (Å²) in [5.41, 5.74) is 1.77. The third kappa shape index (κ3) is 7.33. The maximum atomic E-state index is 13.5. The summed E-state index contributed by atoms with van der Waals surface area (Å²) in [5, 5.41) is 0.332. The fraction of sp³-hybridized carbons (Fsp3) is 0.318. The van der Waals surface area contributed by atoms with Gasteiger partial charge in [0.05, 0.1) is 5.92 Å². The zero-order chi connectivity index (χ0) is 20.7. The van der Waals surface area contributed by atoms with Crippen molar-refractivity contribution in [2.45, 2.75) is 44.7 Å². The van der Waals surface area contributed by atoms with E-state index in [0.29, 0.717) is 12.0 Å². The fourth-order valence-corrected chi connectivity index (χ4v) is 3.41. The molecule has 0 fully saturated rings. The van der Waals surface area contributed by atoms with Gasteiger partial charge in [0.1, 0.15) is 5.78 Å². The van der Waals surface area contributed by atoms with Crippen molar-refractivity contribution in [1.82, 2.24) is 0 Å². The van der Waals surface area contributed by atoms with Gasteiger partial charge in [0, 0.05) is 16.5 Å². The van der Waals surface area contributed by atoms with Gasteiger partial charge in [0.25, 0.3) is 0 Å². The molecule has 1 nitrogen and oxygen atoms in total. The standard InChI is InChI=1S/C22H21Cl2F3O/c1-15(28)4-2-3-5-16-6-8-17(9-7-16)10-11-21(22(25,26)27)18-12-19(23)14-20(24)13-18/h6-14,21H,2-5H2,1H3. The summed E-state index contributed by atoms with van der Waals surface area (Å²) in [6, 6.07) is 11.3. The third-order valence-electron chi connectivity index (χ3n) is 4.30. The summed E-state index contributed by atoms with van der Waals surface area (Å²) < 4.78 is 40.5. The minimum atomic E-state index is -4.46. The Morgan fingerprint density at radius 2 is 1.64 bits per heavy atom. The van der Waals surface area contributed by atoms with Crippen molar-refractivity contribution < 1.29 is 18.0 Å². The average molecular weight is 429 g/mol. The maximum absolute atomic E-state index is 13.5. The van der Waals surface area contributed by atoms with Crippen molar-refractivity contribution in [3.8, 4) is 0 Å². The molecule has 1 atom stereocenters. The van der Waals surface area contributed by atoms with Crippen LogP contribution in [0.3, 0.4) is 0 Å². The number of rotatable bonds is 8. The molecule has 0 spiro atoms. The number of hydrogen-bond acceptors (Lipinski definition) is 1. The number of ketones is 1. The van der Waals surface area contributed by atoms with Gasteiger partial charge in [-0.05, 0) is 61.1 Å². The van der Waals surface area contributed by atoms with Crippen molar-refractivity contribution in [2.24, 2.45) is 0 Å². The van der Waals surface area contributed by atoms with Crippen molar-refractivity contribution in [3.63, 3.8) is 0 Å². The number of allylic oxidation sites excluding steroid dienone is 1. The van der Waals surface area contributed by atoms with Gasteiger partial charge < -0.3 is 4.79 Å². The van der Waals surface area contributed by atoms with Gasteiger partial charge in [0.15, 0.2) is 0 Å². The van der Waals surface area contributed by atoms with E-state index in [0.717, 1.165) is 30.9 Å². The van der Waals surface area contributed by atoms with Gasteiger partial charge in [0.2, 0.25) is 0 Å². The second kappa shape index (κ2) is 10.1. The first-order chi connectivity index (χ1) is 13.1. The first-order valence-corrected chi connectivity index (χ1v) is 9.70. The molecule has 0 radical (unpaired) electrons. The normalized spacial score (nSPS) is 13.1. The molecule has 2 aromatic rings. The van der Waals surface area contributed by atoms with E-state index in [1.54, 1.807) is 19.1 Å². The number of aryl methyl sites for hydroxylation is 1. The van der Waals surface area contributed by atoms with E-state index in [1.165, 1.54) is 24.3 Å². The molecule has 0 aliphatic carbocycles. The Labute approximate surface area is 173 Å². The van der Waals surface area contributed by atoms with Crippen LogP contribution in [0.1, 0.15) is 48.8 Å². The number of Topliss-reactive ketones (excluding diaryl/α,β-unsaturated/α-hetero) is 1. The molecule has 0 heterocycles. The third-order valence-corrected chi connectivity index (χ3v) is 4.74. The average Bonchev–Trinajstić information content (AvgIpc) is 2.58. The van der Waals surface area contributed by atoms with E-state index >= 15 is 0 Å². The molecule has 0 amide bonds. The molecule has 28 heavy (non-hydrogen) atoms. The van der Waals surface area contributed by atoms with E-state index in [1.807, 2.05) is 12.1 Å². The highest BCUT2D eigenvalue weighted by atomic mass is 35.5. The lowest BCUT2D eigenvalue weighted by molar-refractivity contribution is -0.139. The Bertz CT molecular complexity index is 806. The smallest absolute Gasteiger partial charge is 0.300 e. The SMILES string of the molecule is CC(=O)CCCCc1ccc(C=CC(c2cc(Cl)cc(Cl)c2)C(F)(F)F)cc1. The molecular weight excluding hydrogens is 408 g/mol. The highest BCUT2D eigenvalue weighted by Gasteiger charge is 2.39. The maximum Gasteiger partial charge on any atom is 0.399 e. The molecule has 0 saturated heterocycles. The quantitative estimate of drug-likeness (QED) is 0.394. The molecule has 0 aliphatic rings. The Kier molecular flexibility index (Phi) is 8.14. The molecule has 0 aliphatic heterocycles. The van der Waals surface area contributed by atoms with E-state index in [4.69, 9.17) is 23.2 Å². The highest BCUT2D eigenvalue weighted by Crippen LogP contribution is 2.38. The van der Waals surface area contributed by atoms with Crippen LogP contribution < -0.4 is 0 Å². The molecule has 0 N–H and O–H groups in total. The molecule has 2 rings (SSSR count). The largest absolute Gasteiger partial charge is 0.399 e. The Morgan fingerprint density at radius 3 is 2.18 bits per heavy atom. The van der Waals surface area contributed by atoms with E-state index in [2.05, 4.69) is 0 Å². The van der Waals surface area contributed by atoms with Crippen molar-refractivity contribution in [2.75, 3.05) is 0 Å². The van der Waals surface area contributed by atoms with Crippen LogP contribution in [0.25, 0.3) is 6.08 Å². The minimum Gasteiger partial charge on any atom is -0.300 e. The van der Waals surface area contributed by atoms with Crippen molar-refractivity contribution in [1.29, 1.82) is 0 Å². The number of alkyl halides is 3. The van der Waals surface area contributed by atoms with E-state index in [9.17, 15) is 18.0 Å². The molecular formula is C22H21Cl2F3O. The van der Waals surface area contributed by atoms with Crippen LogP contribution in [0.2, 0.25) is 10.0 Å². The number of carbonyl (C=O) groups excluding carboxylic acids is 1. The van der Waals surface area contributed by atoms with Crippen LogP contribution in [0.4, 0.5) is 13.2 Å². The summed E-state index contributed by atoms with van der Waals surface area (Å²) in [6.07, 6.45) is 1.26. The molecule has 150 valence electrons. The molecule has 0 saturated carbocycles. The molecule has 0 bridgehead atoms. The summed E-state index contributed by atoms with van der Waals surface area (Å²) in [5.74, 6) is -1.62. The van der Waals surface area contributed by atoms with Gasteiger partial charge in [-0.15, -0.1) is 0 Å². The minimum absolute atomic E-state index is 0.00309. The number of hydrogen-bond donors (Lipinski definition) is 0. The van der Waals surface area contributed by atoms with Crippen LogP contribution in [-0.4, -0.2) is 12.0 Å². The zero-order valence-electron chi connectivity index (χ0n) is 15.4. The van der Waals surface area contributed by atoms with Crippen LogP contribution in [-0.2, 0) is 11.2 Å².